The summed E-state index contributed by atoms with van der Waals surface area (Å²) in [6, 6.07) is 12.7. The fraction of sp³-hybridized carbons (Fsp3) is 0.125. The van der Waals surface area contributed by atoms with Gasteiger partial charge in [0.05, 0.1) is 6.04 Å². The minimum absolute atomic E-state index is 0.0904. The second kappa shape index (κ2) is 6.28. The number of aromatic hydroxyl groups is 1. The van der Waals surface area contributed by atoms with Crippen LogP contribution in [0, 0.1) is 5.82 Å². The van der Waals surface area contributed by atoms with E-state index in [9.17, 15) is 9.50 Å². The summed E-state index contributed by atoms with van der Waals surface area (Å²) in [5, 5.41) is 16.7. The van der Waals surface area contributed by atoms with Gasteiger partial charge in [-0.15, -0.1) is 22.7 Å². The predicted molar refractivity (Wildman–Crippen MR) is 86.8 cm³/mol. The third-order valence-corrected chi connectivity index (χ3v) is 5.05. The first kappa shape index (κ1) is 14.1. The van der Waals surface area contributed by atoms with E-state index in [-0.39, 0.29) is 11.8 Å². The molecule has 2 nitrogen and oxygen atoms in total. The Balaban J connectivity index is 1.83. The summed E-state index contributed by atoms with van der Waals surface area (Å²) in [6.07, 6.45) is 0.848. The molecule has 0 aliphatic heterocycles. The van der Waals surface area contributed by atoms with Crippen molar-refractivity contribution in [2.24, 2.45) is 0 Å². The first-order valence-corrected chi connectivity index (χ1v) is 8.29. The van der Waals surface area contributed by atoms with E-state index >= 15 is 0 Å². The van der Waals surface area contributed by atoms with E-state index in [4.69, 9.17) is 0 Å². The van der Waals surface area contributed by atoms with E-state index < -0.39 is 5.82 Å². The summed E-state index contributed by atoms with van der Waals surface area (Å²) in [5.74, 6) is -0.937. The number of phenols is 1. The Morgan fingerprint density at radius 2 is 1.90 bits per heavy atom. The number of hydrogen-bond acceptors (Lipinski definition) is 4. The summed E-state index contributed by atoms with van der Waals surface area (Å²) in [7, 11) is 0. The van der Waals surface area contributed by atoms with Crippen LogP contribution in [0.25, 0.3) is 0 Å². The number of hydrogen-bond donors (Lipinski definition) is 2. The quantitative estimate of drug-likeness (QED) is 0.645. The third-order valence-electron chi connectivity index (χ3n) is 3.16. The van der Waals surface area contributed by atoms with Gasteiger partial charge < -0.3 is 10.4 Å². The van der Waals surface area contributed by atoms with Crippen LogP contribution in [0.4, 0.5) is 10.1 Å². The van der Waals surface area contributed by atoms with Gasteiger partial charge >= 0.3 is 0 Å². The maximum absolute atomic E-state index is 13.5. The van der Waals surface area contributed by atoms with Gasteiger partial charge in [0.1, 0.15) is 0 Å². The molecule has 0 fully saturated rings. The standard InChI is InChI=1S/C16H14FNOS2/c17-13-9-11(5-6-15(13)19)18-14(16-4-2-8-21-16)10-12-3-1-7-20-12/h1-9,14,18-19H,10H2. The number of nitrogens with one attached hydrogen (secondary N) is 1. The van der Waals surface area contributed by atoms with Gasteiger partial charge in [-0.3, -0.25) is 0 Å². The topological polar surface area (TPSA) is 32.3 Å². The molecular formula is C16H14FNOS2. The van der Waals surface area contributed by atoms with Crippen molar-refractivity contribution in [1.82, 2.24) is 0 Å². The van der Waals surface area contributed by atoms with E-state index in [1.165, 1.54) is 21.9 Å². The second-order valence-electron chi connectivity index (χ2n) is 4.66. The highest BCUT2D eigenvalue weighted by atomic mass is 32.1. The molecule has 21 heavy (non-hydrogen) atoms. The van der Waals surface area contributed by atoms with Crippen molar-refractivity contribution in [3.63, 3.8) is 0 Å². The molecule has 3 aromatic rings. The van der Waals surface area contributed by atoms with Crippen molar-refractivity contribution in [2.75, 3.05) is 5.32 Å². The lowest BCUT2D eigenvalue weighted by atomic mass is 10.1. The zero-order chi connectivity index (χ0) is 14.7. The summed E-state index contributed by atoms with van der Waals surface area (Å²) in [5.41, 5.74) is 0.667. The molecule has 2 aromatic heterocycles. The minimum atomic E-state index is -0.610. The lowest BCUT2D eigenvalue weighted by Crippen LogP contribution is -2.12. The number of rotatable bonds is 5. The number of thiophene rings is 2. The number of phenolic OH excluding ortho intramolecular Hbond substituents is 1. The lowest BCUT2D eigenvalue weighted by molar-refractivity contribution is 0.432. The SMILES string of the molecule is Oc1ccc(NC(Cc2cccs2)c2cccs2)cc1F. The average Bonchev–Trinajstić information content (AvgIpc) is 3.15. The maximum atomic E-state index is 13.5. The summed E-state index contributed by atoms with van der Waals surface area (Å²) >= 11 is 3.39. The number of benzene rings is 1. The molecule has 108 valence electrons. The van der Waals surface area contributed by atoms with Crippen LogP contribution in [0.1, 0.15) is 15.8 Å². The summed E-state index contributed by atoms with van der Waals surface area (Å²) < 4.78 is 13.5. The van der Waals surface area contributed by atoms with Crippen LogP contribution in [-0.4, -0.2) is 5.11 Å². The van der Waals surface area contributed by atoms with Crippen molar-refractivity contribution < 1.29 is 9.50 Å². The van der Waals surface area contributed by atoms with Crippen molar-refractivity contribution in [3.8, 4) is 5.75 Å². The first-order valence-electron chi connectivity index (χ1n) is 6.53. The van der Waals surface area contributed by atoms with Crippen LogP contribution in [0.15, 0.2) is 53.2 Å². The molecule has 2 heterocycles. The van der Waals surface area contributed by atoms with E-state index in [0.29, 0.717) is 5.69 Å². The van der Waals surface area contributed by atoms with Gasteiger partial charge in [0.15, 0.2) is 11.6 Å². The molecule has 5 heteroatoms. The Morgan fingerprint density at radius 3 is 2.57 bits per heavy atom. The van der Waals surface area contributed by atoms with Crippen LogP contribution >= 0.6 is 22.7 Å². The summed E-state index contributed by atoms with van der Waals surface area (Å²) in [4.78, 5) is 2.48. The van der Waals surface area contributed by atoms with Crippen LogP contribution in [0.5, 0.6) is 5.75 Å². The van der Waals surface area contributed by atoms with E-state index in [1.807, 2.05) is 17.5 Å². The van der Waals surface area contributed by atoms with Crippen molar-refractivity contribution >= 4 is 28.4 Å². The van der Waals surface area contributed by atoms with Gasteiger partial charge in [0, 0.05) is 27.9 Å². The molecule has 0 radical (unpaired) electrons. The zero-order valence-corrected chi connectivity index (χ0v) is 12.8. The molecule has 1 atom stereocenters. The fourth-order valence-corrected chi connectivity index (χ4v) is 3.67. The van der Waals surface area contributed by atoms with E-state index in [2.05, 4.69) is 22.8 Å². The molecule has 1 unspecified atom stereocenters. The van der Waals surface area contributed by atoms with Gasteiger partial charge in [-0.1, -0.05) is 12.1 Å². The van der Waals surface area contributed by atoms with Crippen molar-refractivity contribution in [3.05, 3.63) is 68.8 Å². The maximum Gasteiger partial charge on any atom is 0.166 e. The Morgan fingerprint density at radius 1 is 1.10 bits per heavy atom. The third kappa shape index (κ3) is 3.43. The molecule has 0 saturated carbocycles. The van der Waals surface area contributed by atoms with Crippen LogP contribution in [-0.2, 0) is 6.42 Å². The molecule has 3 rings (SSSR count). The van der Waals surface area contributed by atoms with Crippen LogP contribution in [0.2, 0.25) is 0 Å². The second-order valence-corrected chi connectivity index (χ2v) is 6.67. The predicted octanol–water partition coefficient (Wildman–Crippen LogP) is 5.05. The highest BCUT2D eigenvalue weighted by molar-refractivity contribution is 7.10. The molecule has 0 bridgehead atoms. The van der Waals surface area contributed by atoms with E-state index in [0.717, 1.165) is 6.42 Å². The van der Waals surface area contributed by atoms with Gasteiger partial charge in [0.25, 0.3) is 0 Å². The number of halogens is 1. The molecular weight excluding hydrogens is 305 g/mol. The lowest BCUT2D eigenvalue weighted by Gasteiger charge is -2.18. The van der Waals surface area contributed by atoms with Crippen molar-refractivity contribution in [2.45, 2.75) is 12.5 Å². The monoisotopic (exact) mass is 319 g/mol. The fourth-order valence-electron chi connectivity index (χ4n) is 2.14. The normalized spacial score (nSPS) is 12.2. The molecule has 0 aliphatic carbocycles. The van der Waals surface area contributed by atoms with Gasteiger partial charge in [-0.05, 0) is 35.0 Å². The highest BCUT2D eigenvalue weighted by Gasteiger charge is 2.15. The minimum Gasteiger partial charge on any atom is -0.505 e. The molecule has 0 amide bonds. The molecule has 2 N–H and O–H groups in total. The molecule has 1 aromatic carbocycles. The number of anilines is 1. The van der Waals surface area contributed by atoms with Gasteiger partial charge in [-0.2, -0.15) is 0 Å². The summed E-state index contributed by atoms with van der Waals surface area (Å²) in [6.45, 7) is 0. The average molecular weight is 319 g/mol. The van der Waals surface area contributed by atoms with Gasteiger partial charge in [0.2, 0.25) is 0 Å². The van der Waals surface area contributed by atoms with Crippen LogP contribution in [0.3, 0.4) is 0 Å². The van der Waals surface area contributed by atoms with Crippen LogP contribution < -0.4 is 5.32 Å². The largest absolute Gasteiger partial charge is 0.505 e. The Hall–Kier alpha value is -1.85. The smallest absolute Gasteiger partial charge is 0.166 e. The first-order chi connectivity index (χ1) is 10.2. The molecule has 0 saturated heterocycles. The van der Waals surface area contributed by atoms with Gasteiger partial charge in [-0.25, -0.2) is 4.39 Å². The Kier molecular flexibility index (Phi) is 4.22. The molecule has 0 spiro atoms. The Labute approximate surface area is 130 Å². The Bertz CT molecular complexity index is 695. The highest BCUT2D eigenvalue weighted by Crippen LogP contribution is 2.29. The van der Waals surface area contributed by atoms with Crippen molar-refractivity contribution in [1.29, 1.82) is 0 Å². The zero-order valence-electron chi connectivity index (χ0n) is 11.1. The molecule has 0 aliphatic rings. The van der Waals surface area contributed by atoms with E-state index in [1.54, 1.807) is 28.7 Å².